The summed E-state index contributed by atoms with van der Waals surface area (Å²) in [5.74, 6) is -0.302. The van der Waals surface area contributed by atoms with Crippen molar-refractivity contribution in [3.8, 4) is 0 Å². The Hall–Kier alpha value is -2.14. The number of hydroxylamine groups is 1. The standard InChI is InChI=1S/C17H20N2O3/c1-12(16(20)18-22-14-7-3-4-8-14)19-11-10-13-6-2-5-9-15(13)17(19)21/h2,5-6,9-12,14H,3-4,7-8H2,1H3,(H,18,20). The second-order valence-corrected chi connectivity index (χ2v) is 5.78. The van der Waals surface area contributed by atoms with Gasteiger partial charge < -0.3 is 4.57 Å². The van der Waals surface area contributed by atoms with Crippen LogP contribution < -0.4 is 11.0 Å². The minimum absolute atomic E-state index is 0.101. The lowest BCUT2D eigenvalue weighted by molar-refractivity contribution is -0.141. The van der Waals surface area contributed by atoms with Crippen LogP contribution in [-0.4, -0.2) is 16.6 Å². The van der Waals surface area contributed by atoms with Gasteiger partial charge in [0.25, 0.3) is 11.5 Å². The van der Waals surface area contributed by atoms with Crippen molar-refractivity contribution in [1.82, 2.24) is 10.0 Å². The van der Waals surface area contributed by atoms with Crippen LogP contribution >= 0.6 is 0 Å². The molecule has 0 saturated heterocycles. The van der Waals surface area contributed by atoms with Crippen molar-refractivity contribution in [2.75, 3.05) is 0 Å². The van der Waals surface area contributed by atoms with Crippen molar-refractivity contribution in [2.24, 2.45) is 0 Å². The Kier molecular flexibility index (Phi) is 4.24. The Labute approximate surface area is 128 Å². The van der Waals surface area contributed by atoms with Crippen LogP contribution in [0.3, 0.4) is 0 Å². The molecule has 116 valence electrons. The molecule has 5 heteroatoms. The Morgan fingerprint density at radius 2 is 2.00 bits per heavy atom. The number of aromatic nitrogens is 1. The Morgan fingerprint density at radius 3 is 2.77 bits per heavy atom. The number of fused-ring (bicyclic) bond motifs is 1. The van der Waals surface area contributed by atoms with Crippen LogP contribution in [-0.2, 0) is 9.63 Å². The molecule has 1 aliphatic carbocycles. The highest BCUT2D eigenvalue weighted by Crippen LogP contribution is 2.20. The number of carbonyl (C=O) groups is 1. The molecule has 1 fully saturated rings. The van der Waals surface area contributed by atoms with Gasteiger partial charge in [0.2, 0.25) is 0 Å². The van der Waals surface area contributed by atoms with Crippen LogP contribution in [0, 0.1) is 0 Å². The molecule has 0 aliphatic heterocycles. The molecule has 1 amide bonds. The van der Waals surface area contributed by atoms with E-state index in [1.54, 1.807) is 19.2 Å². The Morgan fingerprint density at radius 1 is 1.27 bits per heavy atom. The molecule has 1 aromatic carbocycles. The van der Waals surface area contributed by atoms with E-state index < -0.39 is 6.04 Å². The lowest BCUT2D eigenvalue weighted by atomic mass is 10.1. The molecule has 3 rings (SSSR count). The first-order chi connectivity index (χ1) is 10.7. The van der Waals surface area contributed by atoms with Crippen LogP contribution in [0.15, 0.2) is 41.3 Å². The maximum atomic E-state index is 12.5. The van der Waals surface area contributed by atoms with Gasteiger partial charge in [-0.3, -0.25) is 14.4 Å². The van der Waals surface area contributed by atoms with Gasteiger partial charge in [-0.15, -0.1) is 0 Å². The molecule has 2 aromatic rings. The minimum atomic E-state index is -0.612. The number of nitrogens with zero attached hydrogens (tertiary/aromatic N) is 1. The number of benzene rings is 1. The summed E-state index contributed by atoms with van der Waals surface area (Å²) in [5, 5.41) is 1.49. The van der Waals surface area contributed by atoms with Crippen LogP contribution in [0.4, 0.5) is 0 Å². The van der Waals surface area contributed by atoms with E-state index in [9.17, 15) is 9.59 Å². The maximum Gasteiger partial charge on any atom is 0.266 e. The van der Waals surface area contributed by atoms with E-state index in [1.807, 2.05) is 24.3 Å². The molecule has 1 atom stereocenters. The van der Waals surface area contributed by atoms with E-state index in [-0.39, 0.29) is 17.6 Å². The molecule has 1 saturated carbocycles. The molecule has 5 nitrogen and oxygen atoms in total. The van der Waals surface area contributed by atoms with Gasteiger partial charge in [0.05, 0.1) is 6.10 Å². The molecule has 1 unspecified atom stereocenters. The van der Waals surface area contributed by atoms with Crippen LogP contribution in [0.1, 0.15) is 38.6 Å². The topological polar surface area (TPSA) is 60.3 Å². The summed E-state index contributed by atoms with van der Waals surface area (Å²) in [6.07, 6.45) is 5.99. The SMILES string of the molecule is CC(C(=O)NOC1CCCC1)n1ccc2ccccc2c1=O. The molecule has 1 aliphatic rings. The fraction of sp³-hybridized carbons (Fsp3) is 0.412. The highest BCUT2D eigenvalue weighted by atomic mass is 16.7. The summed E-state index contributed by atoms with van der Waals surface area (Å²) in [6.45, 7) is 1.70. The van der Waals surface area contributed by atoms with Crippen molar-refractivity contribution < 1.29 is 9.63 Å². The third-order valence-corrected chi connectivity index (χ3v) is 4.27. The first-order valence-corrected chi connectivity index (χ1v) is 7.72. The largest absolute Gasteiger partial charge is 0.303 e. The number of rotatable bonds is 4. The van der Waals surface area contributed by atoms with Gasteiger partial charge in [-0.05, 0) is 37.3 Å². The van der Waals surface area contributed by atoms with Gasteiger partial charge >= 0.3 is 0 Å². The minimum Gasteiger partial charge on any atom is -0.303 e. The molecule has 1 N–H and O–H groups in total. The second kappa shape index (κ2) is 6.32. The summed E-state index contributed by atoms with van der Waals surface area (Å²) in [6, 6.07) is 8.60. The fourth-order valence-corrected chi connectivity index (χ4v) is 2.87. The van der Waals surface area contributed by atoms with E-state index in [2.05, 4.69) is 5.48 Å². The van der Waals surface area contributed by atoms with Gasteiger partial charge in [0.1, 0.15) is 6.04 Å². The number of hydrogen-bond acceptors (Lipinski definition) is 3. The lowest BCUT2D eigenvalue weighted by Gasteiger charge is -2.17. The van der Waals surface area contributed by atoms with Gasteiger partial charge in [-0.1, -0.05) is 31.0 Å². The molecule has 0 spiro atoms. The van der Waals surface area contributed by atoms with E-state index in [4.69, 9.17) is 4.84 Å². The van der Waals surface area contributed by atoms with Crippen molar-refractivity contribution >= 4 is 16.7 Å². The summed E-state index contributed by atoms with van der Waals surface area (Å²) in [4.78, 5) is 30.1. The van der Waals surface area contributed by atoms with Crippen molar-refractivity contribution in [3.63, 3.8) is 0 Å². The molecular weight excluding hydrogens is 280 g/mol. The third-order valence-electron chi connectivity index (χ3n) is 4.27. The molecule has 0 radical (unpaired) electrons. The predicted molar refractivity (Wildman–Crippen MR) is 84.4 cm³/mol. The van der Waals surface area contributed by atoms with Gasteiger partial charge in [-0.25, -0.2) is 5.48 Å². The molecule has 0 bridgehead atoms. The van der Waals surface area contributed by atoms with Crippen LogP contribution in [0.2, 0.25) is 0 Å². The monoisotopic (exact) mass is 300 g/mol. The van der Waals surface area contributed by atoms with Gasteiger partial charge in [-0.2, -0.15) is 0 Å². The van der Waals surface area contributed by atoms with E-state index in [0.29, 0.717) is 5.39 Å². The smallest absolute Gasteiger partial charge is 0.266 e. The number of amides is 1. The normalized spacial score (nSPS) is 16.8. The zero-order valence-electron chi connectivity index (χ0n) is 12.6. The summed E-state index contributed by atoms with van der Waals surface area (Å²) < 4.78 is 1.44. The average molecular weight is 300 g/mol. The third kappa shape index (κ3) is 2.90. The Bertz CT molecular complexity index is 732. The van der Waals surface area contributed by atoms with Crippen molar-refractivity contribution in [2.45, 2.75) is 44.8 Å². The second-order valence-electron chi connectivity index (χ2n) is 5.78. The zero-order chi connectivity index (χ0) is 15.5. The first kappa shape index (κ1) is 14.8. The number of pyridine rings is 1. The summed E-state index contributed by atoms with van der Waals surface area (Å²) >= 11 is 0. The average Bonchev–Trinajstić information content (AvgIpc) is 3.06. The summed E-state index contributed by atoms with van der Waals surface area (Å²) in [7, 11) is 0. The first-order valence-electron chi connectivity index (χ1n) is 7.72. The number of carbonyl (C=O) groups excluding carboxylic acids is 1. The van der Waals surface area contributed by atoms with Crippen molar-refractivity contribution in [1.29, 1.82) is 0 Å². The van der Waals surface area contributed by atoms with Gasteiger partial charge in [0, 0.05) is 11.6 Å². The number of hydrogen-bond donors (Lipinski definition) is 1. The molecule has 22 heavy (non-hydrogen) atoms. The molecule has 1 aromatic heterocycles. The highest BCUT2D eigenvalue weighted by Gasteiger charge is 2.21. The Balaban J connectivity index is 1.76. The van der Waals surface area contributed by atoms with E-state index >= 15 is 0 Å². The predicted octanol–water partition coefficient (Wildman–Crippen LogP) is 2.55. The van der Waals surface area contributed by atoms with E-state index in [1.165, 1.54) is 4.57 Å². The molecule has 1 heterocycles. The van der Waals surface area contributed by atoms with Crippen LogP contribution in [0.5, 0.6) is 0 Å². The highest BCUT2D eigenvalue weighted by molar-refractivity contribution is 5.83. The van der Waals surface area contributed by atoms with Crippen LogP contribution in [0.25, 0.3) is 10.8 Å². The zero-order valence-corrected chi connectivity index (χ0v) is 12.6. The number of nitrogens with one attached hydrogen (secondary N) is 1. The van der Waals surface area contributed by atoms with Gasteiger partial charge in [0.15, 0.2) is 0 Å². The molecular formula is C17H20N2O3. The van der Waals surface area contributed by atoms with Crippen molar-refractivity contribution in [3.05, 3.63) is 46.9 Å². The quantitative estimate of drug-likeness (QED) is 0.883. The lowest BCUT2D eigenvalue weighted by Crippen LogP contribution is -2.37. The van der Waals surface area contributed by atoms with E-state index in [0.717, 1.165) is 31.1 Å². The maximum absolute atomic E-state index is 12.5. The summed E-state index contributed by atoms with van der Waals surface area (Å²) in [5.41, 5.74) is 2.33. The fourth-order valence-electron chi connectivity index (χ4n) is 2.87.